The summed E-state index contributed by atoms with van der Waals surface area (Å²) in [7, 11) is 0. The first kappa shape index (κ1) is 50.1. The predicted octanol–water partition coefficient (Wildman–Crippen LogP) is 14.3. The van der Waals surface area contributed by atoms with Gasteiger partial charge in [0.1, 0.15) is 6.10 Å². The average molecular weight is 733 g/mol. The summed E-state index contributed by atoms with van der Waals surface area (Å²) in [6.45, 7) is 5.05. The zero-order valence-electron chi connectivity index (χ0n) is 34.2. The molecule has 0 heterocycles. The molecule has 53 heavy (non-hydrogen) atoms. The Kier molecular flexibility index (Phi) is 42.7. The van der Waals surface area contributed by atoms with Crippen molar-refractivity contribution in [3.05, 3.63) is 109 Å². The summed E-state index contributed by atoms with van der Waals surface area (Å²) in [5.41, 5.74) is 0. The minimum Gasteiger partial charge on any atom is -0.457 e. The molecule has 1 atom stereocenters. The Labute approximate surface area is 327 Å². The zero-order chi connectivity index (χ0) is 38.4. The van der Waals surface area contributed by atoms with E-state index in [-0.39, 0.29) is 19.2 Å². The Morgan fingerprint density at radius 2 is 0.792 bits per heavy atom. The summed E-state index contributed by atoms with van der Waals surface area (Å²) in [6, 6.07) is 0. The third-order valence-corrected chi connectivity index (χ3v) is 8.59. The van der Waals surface area contributed by atoms with E-state index in [0.717, 1.165) is 103 Å². The van der Waals surface area contributed by atoms with Crippen molar-refractivity contribution in [1.82, 2.24) is 0 Å². The lowest BCUT2D eigenvalue weighted by Crippen LogP contribution is -2.27. The molecule has 0 amide bonds. The molecular formula is C49H80O4. The number of carbonyl (C=O) groups excluding carboxylic acids is 1. The normalized spacial score (nSPS) is 13.5. The number of esters is 1. The van der Waals surface area contributed by atoms with Gasteiger partial charge in [-0.1, -0.05) is 175 Å². The molecule has 0 radical (unpaired) electrons. The first-order valence-corrected chi connectivity index (χ1v) is 21.5. The van der Waals surface area contributed by atoms with Crippen molar-refractivity contribution in [3.63, 3.8) is 0 Å². The highest BCUT2D eigenvalue weighted by Crippen LogP contribution is 2.11. The molecule has 1 unspecified atom stereocenters. The van der Waals surface area contributed by atoms with Gasteiger partial charge in [-0.15, -0.1) is 0 Å². The fourth-order valence-electron chi connectivity index (χ4n) is 5.46. The second-order valence-corrected chi connectivity index (χ2v) is 13.6. The van der Waals surface area contributed by atoms with Gasteiger partial charge in [0, 0.05) is 13.0 Å². The fourth-order valence-corrected chi connectivity index (χ4v) is 5.46. The molecule has 300 valence electrons. The van der Waals surface area contributed by atoms with Gasteiger partial charge in [-0.25, -0.2) is 0 Å². The number of carbonyl (C=O) groups is 1. The second-order valence-electron chi connectivity index (χ2n) is 13.6. The zero-order valence-corrected chi connectivity index (χ0v) is 34.2. The molecule has 0 aliphatic carbocycles. The molecule has 4 heteroatoms. The smallest absolute Gasteiger partial charge is 0.306 e. The SMILES string of the molecule is CC/C=C\C/C=C\C/C=C\C/C=C\C/C=C\CCCCCCCCOCC(CO)OC(=O)CCCCCCCC/C=C\C/C=C\C/C=C\C/C=C\CC. The summed E-state index contributed by atoms with van der Waals surface area (Å²) in [6.07, 6.45) is 65.7. The third-order valence-electron chi connectivity index (χ3n) is 8.59. The lowest BCUT2D eigenvalue weighted by atomic mass is 10.1. The Balaban J connectivity index is 3.55. The van der Waals surface area contributed by atoms with E-state index >= 15 is 0 Å². The second kappa shape index (κ2) is 45.2. The van der Waals surface area contributed by atoms with E-state index in [1.807, 2.05) is 0 Å². The maximum atomic E-state index is 12.2. The molecule has 0 aliphatic rings. The van der Waals surface area contributed by atoms with Gasteiger partial charge in [0.2, 0.25) is 0 Å². The topological polar surface area (TPSA) is 55.8 Å². The van der Waals surface area contributed by atoms with E-state index in [9.17, 15) is 9.90 Å². The molecule has 0 aromatic rings. The van der Waals surface area contributed by atoms with Crippen LogP contribution < -0.4 is 0 Å². The van der Waals surface area contributed by atoms with Crippen LogP contribution in [0.25, 0.3) is 0 Å². The highest BCUT2D eigenvalue weighted by atomic mass is 16.6. The van der Waals surface area contributed by atoms with Crippen molar-refractivity contribution in [2.75, 3.05) is 19.8 Å². The number of aliphatic hydroxyl groups is 1. The summed E-state index contributed by atoms with van der Waals surface area (Å²) in [4.78, 5) is 12.2. The molecule has 0 bridgehead atoms. The number of rotatable bonds is 38. The first-order chi connectivity index (χ1) is 26.2. The van der Waals surface area contributed by atoms with Crippen LogP contribution in [0.4, 0.5) is 0 Å². The number of ether oxygens (including phenoxy) is 2. The number of unbranched alkanes of at least 4 members (excludes halogenated alkanes) is 12. The quantitative estimate of drug-likeness (QED) is 0.0390. The molecule has 0 aliphatic heterocycles. The van der Waals surface area contributed by atoms with Crippen LogP contribution in [-0.4, -0.2) is 37.0 Å². The summed E-state index contributed by atoms with van der Waals surface area (Å²) < 4.78 is 11.1. The van der Waals surface area contributed by atoms with Gasteiger partial charge in [-0.3, -0.25) is 4.79 Å². The van der Waals surface area contributed by atoms with Crippen LogP contribution in [0.2, 0.25) is 0 Å². The van der Waals surface area contributed by atoms with Crippen LogP contribution in [0.5, 0.6) is 0 Å². The summed E-state index contributed by atoms with van der Waals surface area (Å²) in [5, 5.41) is 9.61. The minimum absolute atomic E-state index is 0.192. The van der Waals surface area contributed by atoms with Crippen LogP contribution >= 0.6 is 0 Å². The van der Waals surface area contributed by atoms with Gasteiger partial charge in [0.25, 0.3) is 0 Å². The Morgan fingerprint density at radius 3 is 1.19 bits per heavy atom. The van der Waals surface area contributed by atoms with Crippen molar-refractivity contribution in [2.24, 2.45) is 0 Å². The van der Waals surface area contributed by atoms with Gasteiger partial charge >= 0.3 is 5.97 Å². The highest BCUT2D eigenvalue weighted by Gasteiger charge is 2.13. The van der Waals surface area contributed by atoms with Crippen LogP contribution in [-0.2, 0) is 14.3 Å². The van der Waals surface area contributed by atoms with Crippen LogP contribution in [0.1, 0.15) is 168 Å². The van der Waals surface area contributed by atoms with E-state index in [1.165, 1.54) is 44.9 Å². The molecule has 0 rings (SSSR count). The molecule has 1 N–H and O–H groups in total. The van der Waals surface area contributed by atoms with E-state index in [4.69, 9.17) is 9.47 Å². The maximum Gasteiger partial charge on any atom is 0.306 e. The Morgan fingerprint density at radius 1 is 0.453 bits per heavy atom. The fraction of sp³-hybridized carbons (Fsp3) is 0.612. The van der Waals surface area contributed by atoms with Crippen molar-refractivity contribution < 1.29 is 19.4 Å². The Bertz CT molecular complexity index is 1040. The van der Waals surface area contributed by atoms with Crippen molar-refractivity contribution in [1.29, 1.82) is 0 Å². The molecule has 4 nitrogen and oxygen atoms in total. The number of aliphatic hydroxyl groups excluding tert-OH is 1. The maximum absolute atomic E-state index is 12.2. The first-order valence-electron chi connectivity index (χ1n) is 21.5. The molecule has 0 saturated heterocycles. The van der Waals surface area contributed by atoms with E-state index in [2.05, 4.69) is 123 Å². The molecule has 0 aromatic carbocycles. The van der Waals surface area contributed by atoms with Gasteiger partial charge in [-0.05, 0) is 96.3 Å². The largest absolute Gasteiger partial charge is 0.457 e. The molecule has 0 aromatic heterocycles. The number of hydrogen-bond donors (Lipinski definition) is 1. The lowest BCUT2D eigenvalue weighted by molar-refractivity contribution is -0.154. The van der Waals surface area contributed by atoms with Crippen molar-refractivity contribution in [3.8, 4) is 0 Å². The van der Waals surface area contributed by atoms with Gasteiger partial charge in [0.15, 0.2) is 0 Å². The monoisotopic (exact) mass is 733 g/mol. The highest BCUT2D eigenvalue weighted by molar-refractivity contribution is 5.69. The van der Waals surface area contributed by atoms with Crippen molar-refractivity contribution in [2.45, 2.75) is 174 Å². The average Bonchev–Trinajstić information content (AvgIpc) is 3.16. The number of allylic oxidation sites excluding steroid dienone is 18. The summed E-state index contributed by atoms with van der Waals surface area (Å²) in [5.74, 6) is -0.225. The third kappa shape index (κ3) is 43.3. The van der Waals surface area contributed by atoms with Crippen LogP contribution in [0, 0.1) is 0 Å². The Hall–Kier alpha value is -2.95. The van der Waals surface area contributed by atoms with Gasteiger partial charge in [-0.2, -0.15) is 0 Å². The predicted molar refractivity (Wildman–Crippen MR) is 232 cm³/mol. The lowest BCUT2D eigenvalue weighted by Gasteiger charge is -2.15. The van der Waals surface area contributed by atoms with E-state index in [0.29, 0.717) is 13.0 Å². The van der Waals surface area contributed by atoms with Gasteiger partial charge < -0.3 is 14.6 Å². The van der Waals surface area contributed by atoms with Crippen LogP contribution in [0.3, 0.4) is 0 Å². The molecule has 0 fully saturated rings. The molecular weight excluding hydrogens is 653 g/mol. The number of hydrogen-bond acceptors (Lipinski definition) is 4. The van der Waals surface area contributed by atoms with E-state index < -0.39 is 6.10 Å². The standard InChI is InChI=1S/C49H80O4/c1-3-5-7-9-11-13-15-17-19-21-23-24-25-27-29-31-33-35-37-39-41-43-45-52-47-48(46-50)53-49(51)44-42-40-38-36-34-32-30-28-26-22-20-18-16-14-12-10-8-6-4-2/h5-8,11-14,17-20,23-24,26-29,48,50H,3-4,9-10,15-16,21-22,25,30-47H2,1-2H3/b7-5-,8-6-,13-11-,14-12-,19-17-,20-18-,24-23-,28-26-,29-27-. The van der Waals surface area contributed by atoms with E-state index in [1.54, 1.807) is 0 Å². The van der Waals surface area contributed by atoms with Crippen molar-refractivity contribution >= 4 is 5.97 Å². The molecule has 0 spiro atoms. The summed E-state index contributed by atoms with van der Waals surface area (Å²) >= 11 is 0. The van der Waals surface area contributed by atoms with Crippen LogP contribution in [0.15, 0.2) is 109 Å². The van der Waals surface area contributed by atoms with Gasteiger partial charge in [0.05, 0.1) is 13.2 Å². The molecule has 0 saturated carbocycles. The minimum atomic E-state index is -0.559.